The van der Waals surface area contributed by atoms with Crippen LogP contribution in [0.25, 0.3) is 11.1 Å². The van der Waals surface area contributed by atoms with Crippen LogP contribution in [-0.2, 0) is 13.0 Å². The van der Waals surface area contributed by atoms with Gasteiger partial charge in [-0.15, -0.1) is 0 Å². The van der Waals surface area contributed by atoms with Crippen LogP contribution in [0.5, 0.6) is 5.75 Å². The third-order valence-corrected chi connectivity index (χ3v) is 4.20. The molecule has 1 aliphatic rings. The van der Waals surface area contributed by atoms with Crippen molar-refractivity contribution in [2.75, 3.05) is 5.32 Å². The Balaban J connectivity index is 1.55. The van der Waals surface area contributed by atoms with Gasteiger partial charge in [-0.3, -0.25) is 0 Å². The normalized spacial score (nSPS) is 11.8. The lowest BCUT2D eigenvalue weighted by molar-refractivity contribution is 0.474. The molecule has 4 rings (SSSR count). The Hall–Kier alpha value is -2.74. The van der Waals surface area contributed by atoms with Gasteiger partial charge >= 0.3 is 0 Å². The first kappa shape index (κ1) is 13.0. The zero-order chi connectivity index (χ0) is 14.9. The van der Waals surface area contributed by atoms with Gasteiger partial charge in [0.25, 0.3) is 0 Å². The van der Waals surface area contributed by atoms with Crippen LogP contribution in [0.15, 0.2) is 66.7 Å². The highest BCUT2D eigenvalue weighted by atomic mass is 16.3. The first-order valence-corrected chi connectivity index (χ1v) is 7.52. The van der Waals surface area contributed by atoms with E-state index < -0.39 is 0 Å². The van der Waals surface area contributed by atoms with Gasteiger partial charge in [0.1, 0.15) is 5.75 Å². The van der Waals surface area contributed by atoms with E-state index in [0.29, 0.717) is 12.3 Å². The molecule has 2 heteroatoms. The lowest BCUT2D eigenvalue weighted by Gasteiger charge is -2.09. The number of phenols is 1. The van der Waals surface area contributed by atoms with E-state index in [1.807, 2.05) is 12.1 Å². The summed E-state index contributed by atoms with van der Waals surface area (Å²) in [6.45, 7) is 0.708. The molecule has 0 radical (unpaired) electrons. The maximum absolute atomic E-state index is 9.51. The lowest BCUT2D eigenvalue weighted by atomic mass is 10.1. The highest BCUT2D eigenvalue weighted by molar-refractivity contribution is 5.78. The molecular weight excluding hydrogens is 270 g/mol. The van der Waals surface area contributed by atoms with E-state index in [1.54, 1.807) is 12.1 Å². The van der Waals surface area contributed by atoms with Gasteiger partial charge in [0.15, 0.2) is 0 Å². The van der Waals surface area contributed by atoms with E-state index in [0.717, 1.165) is 17.7 Å². The van der Waals surface area contributed by atoms with Gasteiger partial charge < -0.3 is 10.4 Å². The molecule has 0 heterocycles. The van der Waals surface area contributed by atoms with Crippen molar-refractivity contribution in [1.82, 2.24) is 0 Å². The Morgan fingerprint density at radius 3 is 2.59 bits per heavy atom. The minimum atomic E-state index is 0.309. The smallest absolute Gasteiger partial charge is 0.115 e. The summed E-state index contributed by atoms with van der Waals surface area (Å²) in [6.07, 6.45) is 1.01. The van der Waals surface area contributed by atoms with Crippen LogP contribution in [0.1, 0.15) is 16.7 Å². The van der Waals surface area contributed by atoms with Gasteiger partial charge in [0.05, 0.1) is 0 Å². The summed E-state index contributed by atoms with van der Waals surface area (Å²) in [7, 11) is 0. The SMILES string of the molecule is Oc1cccc(CNc2ccc3c(c2)Cc2ccccc2-3)c1. The molecule has 0 aliphatic heterocycles. The first-order chi connectivity index (χ1) is 10.8. The second kappa shape index (κ2) is 5.23. The van der Waals surface area contributed by atoms with Crippen molar-refractivity contribution < 1.29 is 5.11 Å². The van der Waals surface area contributed by atoms with Crippen molar-refractivity contribution in [1.29, 1.82) is 0 Å². The van der Waals surface area contributed by atoms with E-state index >= 15 is 0 Å². The summed E-state index contributed by atoms with van der Waals surface area (Å²) in [6, 6.07) is 22.5. The molecule has 0 saturated carbocycles. The number of aromatic hydroxyl groups is 1. The van der Waals surface area contributed by atoms with Crippen LogP contribution in [0.4, 0.5) is 5.69 Å². The number of anilines is 1. The van der Waals surface area contributed by atoms with Crippen molar-refractivity contribution in [3.8, 4) is 16.9 Å². The van der Waals surface area contributed by atoms with Crippen molar-refractivity contribution in [2.45, 2.75) is 13.0 Å². The minimum absolute atomic E-state index is 0.309. The second-order valence-corrected chi connectivity index (χ2v) is 5.73. The molecule has 0 fully saturated rings. The van der Waals surface area contributed by atoms with Gasteiger partial charge in [-0.25, -0.2) is 0 Å². The van der Waals surface area contributed by atoms with Gasteiger partial charge in [-0.2, -0.15) is 0 Å². The fraction of sp³-hybridized carbons (Fsp3) is 0.100. The zero-order valence-corrected chi connectivity index (χ0v) is 12.2. The molecule has 3 aromatic carbocycles. The minimum Gasteiger partial charge on any atom is -0.508 e. The monoisotopic (exact) mass is 287 g/mol. The Morgan fingerprint density at radius 1 is 0.818 bits per heavy atom. The van der Waals surface area contributed by atoms with Crippen LogP contribution >= 0.6 is 0 Å². The van der Waals surface area contributed by atoms with E-state index in [4.69, 9.17) is 0 Å². The molecule has 1 aliphatic carbocycles. The average Bonchev–Trinajstić information content (AvgIpc) is 2.91. The van der Waals surface area contributed by atoms with Crippen LogP contribution in [0.2, 0.25) is 0 Å². The molecular formula is C20H17NO. The quantitative estimate of drug-likeness (QED) is 0.578. The molecule has 108 valence electrons. The Bertz CT molecular complexity index is 839. The van der Waals surface area contributed by atoms with Crippen molar-refractivity contribution in [3.05, 3.63) is 83.4 Å². The van der Waals surface area contributed by atoms with Crippen LogP contribution in [-0.4, -0.2) is 5.11 Å². The van der Waals surface area contributed by atoms with Crippen LogP contribution < -0.4 is 5.32 Å². The summed E-state index contributed by atoms with van der Waals surface area (Å²) in [4.78, 5) is 0. The van der Waals surface area contributed by atoms with Crippen LogP contribution in [0.3, 0.4) is 0 Å². The van der Waals surface area contributed by atoms with Gasteiger partial charge in [0.2, 0.25) is 0 Å². The molecule has 22 heavy (non-hydrogen) atoms. The van der Waals surface area contributed by atoms with Gasteiger partial charge in [0, 0.05) is 12.2 Å². The van der Waals surface area contributed by atoms with E-state index in [1.165, 1.54) is 22.3 Å². The number of hydrogen-bond donors (Lipinski definition) is 2. The summed E-state index contributed by atoms with van der Waals surface area (Å²) in [5.74, 6) is 0.309. The third kappa shape index (κ3) is 2.33. The molecule has 2 nitrogen and oxygen atoms in total. The highest BCUT2D eigenvalue weighted by Crippen LogP contribution is 2.37. The third-order valence-electron chi connectivity index (χ3n) is 4.20. The predicted molar refractivity (Wildman–Crippen MR) is 90.1 cm³/mol. The topological polar surface area (TPSA) is 32.3 Å². The summed E-state index contributed by atoms with van der Waals surface area (Å²) >= 11 is 0. The summed E-state index contributed by atoms with van der Waals surface area (Å²) in [5.41, 5.74) is 7.68. The number of fused-ring (bicyclic) bond motifs is 3. The molecule has 0 atom stereocenters. The fourth-order valence-electron chi connectivity index (χ4n) is 3.13. The highest BCUT2D eigenvalue weighted by Gasteiger charge is 2.17. The fourth-order valence-corrected chi connectivity index (χ4v) is 3.13. The number of rotatable bonds is 3. The second-order valence-electron chi connectivity index (χ2n) is 5.73. The van der Waals surface area contributed by atoms with Crippen molar-refractivity contribution in [3.63, 3.8) is 0 Å². The van der Waals surface area contributed by atoms with Crippen molar-refractivity contribution >= 4 is 5.69 Å². The van der Waals surface area contributed by atoms with Crippen molar-refractivity contribution in [2.24, 2.45) is 0 Å². The van der Waals surface area contributed by atoms with E-state index in [-0.39, 0.29) is 0 Å². The van der Waals surface area contributed by atoms with Gasteiger partial charge in [-0.1, -0.05) is 42.5 Å². The zero-order valence-electron chi connectivity index (χ0n) is 12.2. The van der Waals surface area contributed by atoms with E-state index in [9.17, 15) is 5.11 Å². The molecule has 0 bridgehead atoms. The molecule has 3 aromatic rings. The van der Waals surface area contributed by atoms with Crippen LogP contribution in [0, 0.1) is 0 Å². The summed E-state index contributed by atoms with van der Waals surface area (Å²) < 4.78 is 0. The van der Waals surface area contributed by atoms with E-state index in [2.05, 4.69) is 47.8 Å². The molecule has 2 N–H and O–H groups in total. The predicted octanol–water partition coefficient (Wildman–Crippen LogP) is 4.58. The largest absolute Gasteiger partial charge is 0.508 e. The maximum Gasteiger partial charge on any atom is 0.115 e. The van der Waals surface area contributed by atoms with Gasteiger partial charge in [-0.05, 0) is 58.5 Å². The lowest BCUT2D eigenvalue weighted by Crippen LogP contribution is -1.99. The molecule has 0 aromatic heterocycles. The molecule has 0 unspecified atom stereocenters. The molecule has 0 saturated heterocycles. The summed E-state index contributed by atoms with van der Waals surface area (Å²) in [5, 5.41) is 12.9. The number of hydrogen-bond acceptors (Lipinski definition) is 2. The number of nitrogens with one attached hydrogen (secondary N) is 1. The molecule has 0 spiro atoms. The number of phenolic OH excluding ortho intramolecular Hbond substituents is 1. The maximum atomic E-state index is 9.51. The molecule has 0 amide bonds. The standard InChI is InChI=1S/C20H17NO/c22-18-6-3-4-14(10-18)13-21-17-8-9-20-16(12-17)11-15-5-1-2-7-19(15)20/h1-10,12,21-22H,11,13H2. The first-order valence-electron chi connectivity index (χ1n) is 7.52. The Morgan fingerprint density at radius 2 is 1.68 bits per heavy atom. The Labute approximate surface area is 130 Å². The number of benzene rings is 3. The Kier molecular flexibility index (Phi) is 3.08. The average molecular weight is 287 g/mol.